The quantitative estimate of drug-likeness (QED) is 0.625. The molecule has 1 aromatic carbocycles. The molecule has 0 unspecified atom stereocenters. The van der Waals surface area contributed by atoms with Gasteiger partial charge in [-0.2, -0.15) is 0 Å². The first kappa shape index (κ1) is 12.2. The van der Waals surface area contributed by atoms with E-state index in [4.69, 9.17) is 5.11 Å². The fourth-order valence-corrected chi connectivity index (χ4v) is 0.925. The zero-order valence-corrected chi connectivity index (χ0v) is 7.61. The predicted octanol–water partition coefficient (Wildman–Crippen LogP) is 1.25. The van der Waals surface area contributed by atoms with Gasteiger partial charge in [-0.25, -0.2) is 4.79 Å². The molecule has 1 rings (SSSR count). The van der Waals surface area contributed by atoms with Crippen LogP contribution in [0, 0.1) is 0 Å². The Bertz CT molecular complexity index is 277. The van der Waals surface area contributed by atoms with Gasteiger partial charge in [-0.15, -0.1) is 0 Å². The number of carbonyl (C=O) groups is 1. The number of para-hydroxylation sites is 1. The molecule has 1 aromatic rings. The van der Waals surface area contributed by atoms with Gasteiger partial charge < -0.3 is 8.17 Å². The third-order valence-electron chi connectivity index (χ3n) is 1.19. The van der Waals surface area contributed by atoms with Crippen molar-refractivity contribution in [3.8, 4) is 5.75 Å². The van der Waals surface area contributed by atoms with Crippen molar-refractivity contribution in [2.45, 2.75) is 0 Å². The molecule has 0 radical (unpaired) electrons. The van der Waals surface area contributed by atoms with Crippen LogP contribution < -0.4 is 0 Å². The number of hydrogen-bond acceptors (Lipinski definition) is 3. The molecule has 0 saturated heterocycles. The van der Waals surface area contributed by atoms with Gasteiger partial charge in [0.1, 0.15) is 11.3 Å². The molecule has 0 saturated carbocycles. The van der Waals surface area contributed by atoms with Gasteiger partial charge in [-0.1, -0.05) is 12.1 Å². The number of phenols is 1. The van der Waals surface area contributed by atoms with E-state index in [2.05, 4.69) is 3.07 Å². The number of aromatic hydroxyl groups is 1. The van der Waals surface area contributed by atoms with Gasteiger partial charge in [0, 0.05) is 0 Å². The summed E-state index contributed by atoms with van der Waals surface area (Å²) < 4.78 is 4.39. The van der Waals surface area contributed by atoms with Gasteiger partial charge in [0.2, 0.25) is 0 Å². The maximum atomic E-state index is 10.8. The molecule has 3 nitrogen and oxygen atoms in total. The fourth-order valence-electron chi connectivity index (χ4n) is 0.688. The first-order chi connectivity index (χ1) is 5.25. The van der Waals surface area contributed by atoms with Crippen LogP contribution in [-0.4, -0.2) is 40.6 Å². The van der Waals surface area contributed by atoms with E-state index >= 15 is 0 Å². The molecular weight excluding hydrogens is 282 g/mol. The van der Waals surface area contributed by atoms with Crippen molar-refractivity contribution < 1.29 is 13.0 Å². The van der Waals surface area contributed by atoms with Crippen molar-refractivity contribution in [3.05, 3.63) is 29.8 Å². The summed E-state index contributed by atoms with van der Waals surface area (Å²) in [5.41, 5.74) is 0.182. The molecule has 0 aliphatic carbocycles. The second kappa shape index (κ2) is 5.80. The van der Waals surface area contributed by atoms with E-state index in [0.717, 1.165) is 0 Å². The summed E-state index contributed by atoms with van der Waals surface area (Å²) in [6.45, 7) is 0. The zero-order valence-electron chi connectivity index (χ0n) is 5.45. The zero-order chi connectivity index (χ0) is 8.27. The van der Waals surface area contributed by atoms with Gasteiger partial charge in [0.05, 0.1) is 0 Å². The molecule has 0 bridgehead atoms. The van der Waals surface area contributed by atoms with Gasteiger partial charge in [-0.3, -0.25) is 0 Å². The molecule has 0 atom stereocenters. The third kappa shape index (κ3) is 2.93. The van der Waals surface area contributed by atoms with E-state index in [1.165, 1.54) is 35.1 Å². The van der Waals surface area contributed by atoms with Gasteiger partial charge in [0.15, 0.2) is 23.0 Å². The Labute approximate surface area is 106 Å². The Kier molecular flexibility index (Phi) is 5.90. The molecule has 0 amide bonds. The molecule has 0 aromatic heterocycles. The molecule has 0 fully saturated rings. The van der Waals surface area contributed by atoms with Crippen molar-refractivity contribution in [2.24, 2.45) is 0 Å². The first-order valence-electron chi connectivity index (χ1n) is 2.86. The van der Waals surface area contributed by atoms with Crippen LogP contribution >= 0.6 is 23.0 Å². The van der Waals surface area contributed by atoms with E-state index in [0.29, 0.717) is 0 Å². The van der Waals surface area contributed by atoms with Crippen LogP contribution in [0.5, 0.6) is 5.75 Å². The van der Waals surface area contributed by atoms with Crippen LogP contribution in [0.2, 0.25) is 0 Å². The number of carbonyl (C=O) groups excluding carboxylic acids is 1. The molecule has 60 valence electrons. The van der Waals surface area contributed by atoms with E-state index in [1.54, 1.807) is 12.1 Å². The van der Waals surface area contributed by atoms with Crippen molar-refractivity contribution >= 4 is 58.5 Å². The van der Waals surface area contributed by atoms with Gasteiger partial charge >= 0.3 is 35.5 Å². The number of benzene rings is 1. The summed E-state index contributed by atoms with van der Waals surface area (Å²) >= 11 is 1.47. The summed E-state index contributed by atoms with van der Waals surface area (Å²) in [6, 6.07) is 6.22. The number of halogens is 1. The average molecular weight is 288 g/mol. The summed E-state index contributed by atoms with van der Waals surface area (Å²) in [7, 11) is 0. The topological polar surface area (TPSA) is 46.5 Å². The van der Waals surface area contributed by atoms with Crippen molar-refractivity contribution in [3.63, 3.8) is 0 Å². The van der Waals surface area contributed by atoms with Crippen molar-refractivity contribution in [2.75, 3.05) is 0 Å². The van der Waals surface area contributed by atoms with Gasteiger partial charge in [0.25, 0.3) is 0 Å². The summed E-state index contributed by atoms with van der Waals surface area (Å²) in [6.07, 6.45) is 0. The molecule has 0 heterocycles. The van der Waals surface area contributed by atoms with Crippen LogP contribution in [0.15, 0.2) is 24.3 Å². The third-order valence-corrected chi connectivity index (χ3v) is 1.59. The van der Waals surface area contributed by atoms with Crippen molar-refractivity contribution in [1.82, 2.24) is 0 Å². The van der Waals surface area contributed by atoms with Gasteiger partial charge in [-0.05, 0) is 12.1 Å². The Balaban J connectivity index is 0.00000121. The Morgan fingerprint density at radius 3 is 2.50 bits per heavy atom. The molecule has 0 aliphatic rings. The normalized spacial score (nSPS) is 8.42. The molecule has 0 spiro atoms. The van der Waals surface area contributed by atoms with E-state index in [-0.39, 0.29) is 40.9 Å². The SMILES string of the molecule is O=C(OI)c1ccccc1O.[NaH]. The average Bonchev–Trinajstić information content (AvgIpc) is 2.04. The Morgan fingerprint density at radius 1 is 1.42 bits per heavy atom. The van der Waals surface area contributed by atoms with Crippen LogP contribution in [0.3, 0.4) is 0 Å². The Hall–Kier alpha value is 0.220. The number of phenolic OH excluding ortho intramolecular Hbond substituents is 1. The molecule has 12 heavy (non-hydrogen) atoms. The van der Waals surface area contributed by atoms with Crippen LogP contribution in [-0.2, 0) is 3.07 Å². The molecule has 1 N–H and O–H groups in total. The Morgan fingerprint density at radius 2 is 2.00 bits per heavy atom. The standard InChI is InChI=1S/C7H5IO3.Na.H/c8-11-7(10)5-3-1-2-4-6(5)9;;/h1-4,9H;;. The summed E-state index contributed by atoms with van der Waals surface area (Å²) in [5, 5.41) is 9.11. The van der Waals surface area contributed by atoms with E-state index < -0.39 is 5.97 Å². The molecule has 0 aliphatic heterocycles. The van der Waals surface area contributed by atoms with E-state index in [9.17, 15) is 4.79 Å². The van der Waals surface area contributed by atoms with Crippen LogP contribution in [0.4, 0.5) is 0 Å². The summed E-state index contributed by atoms with van der Waals surface area (Å²) in [4.78, 5) is 10.8. The second-order valence-corrected chi connectivity index (χ2v) is 2.32. The fraction of sp³-hybridized carbons (Fsp3) is 0. The maximum absolute atomic E-state index is 10.8. The van der Waals surface area contributed by atoms with Crippen LogP contribution in [0.25, 0.3) is 0 Å². The first-order valence-corrected chi connectivity index (χ1v) is 3.74. The van der Waals surface area contributed by atoms with Crippen molar-refractivity contribution in [1.29, 1.82) is 0 Å². The van der Waals surface area contributed by atoms with Crippen LogP contribution in [0.1, 0.15) is 10.4 Å². The summed E-state index contributed by atoms with van der Waals surface area (Å²) in [5.74, 6) is -0.599. The molecule has 5 heteroatoms. The minimum absolute atomic E-state index is 0. The molecular formula is C7H6INaO3. The number of rotatable bonds is 1. The minimum atomic E-state index is -0.538. The number of hydrogen-bond donors (Lipinski definition) is 1. The monoisotopic (exact) mass is 288 g/mol. The second-order valence-electron chi connectivity index (χ2n) is 1.88. The van der Waals surface area contributed by atoms with E-state index in [1.807, 2.05) is 0 Å². The predicted molar refractivity (Wildman–Crippen MR) is 54.7 cm³/mol.